The van der Waals surface area contributed by atoms with Crippen LogP contribution in [0.15, 0.2) is 11.6 Å². The van der Waals surface area contributed by atoms with Crippen LogP contribution in [0.5, 0.6) is 0 Å². The third-order valence-electron chi connectivity index (χ3n) is 9.11. The molecule has 2 rings (SSSR count). The molecule has 2 aliphatic rings. The predicted octanol–water partition coefficient (Wildman–Crippen LogP) is 7.06. The molecule has 0 aromatic rings. The number of esters is 1. The van der Waals surface area contributed by atoms with Gasteiger partial charge in [-0.2, -0.15) is 0 Å². The van der Waals surface area contributed by atoms with Crippen LogP contribution in [0.25, 0.3) is 0 Å². The topological polar surface area (TPSA) is 116 Å². The van der Waals surface area contributed by atoms with Crippen molar-refractivity contribution in [3.8, 4) is 0 Å². The highest BCUT2D eigenvalue weighted by Gasteiger charge is 2.34. The van der Waals surface area contributed by atoms with Crippen LogP contribution in [0, 0.1) is 0 Å². The van der Waals surface area contributed by atoms with Gasteiger partial charge in [0.05, 0.1) is 36.6 Å². The second kappa shape index (κ2) is 22.5. The van der Waals surface area contributed by atoms with Crippen molar-refractivity contribution in [2.45, 2.75) is 204 Å². The van der Waals surface area contributed by atoms with Crippen molar-refractivity contribution in [1.29, 1.82) is 0 Å². The Balaban J connectivity index is 1.42. The number of aliphatic hydroxyl groups is 4. The van der Waals surface area contributed by atoms with E-state index in [4.69, 9.17) is 9.47 Å². The Labute approximate surface area is 256 Å². The number of hydrogen-bond donors (Lipinski definition) is 4. The maximum atomic E-state index is 11.7. The fraction of sp³-hybridized carbons (Fsp3) is 0.914. The Kier molecular flexibility index (Phi) is 19.9. The molecule has 1 unspecified atom stereocenters. The van der Waals surface area contributed by atoms with Crippen molar-refractivity contribution in [3.63, 3.8) is 0 Å². The van der Waals surface area contributed by atoms with Gasteiger partial charge in [-0.05, 0) is 57.9 Å². The van der Waals surface area contributed by atoms with Crippen LogP contribution < -0.4 is 0 Å². The van der Waals surface area contributed by atoms with Gasteiger partial charge in [0.25, 0.3) is 0 Å². The monoisotopic (exact) mass is 596 g/mol. The summed E-state index contributed by atoms with van der Waals surface area (Å²) in [5, 5.41) is 41.7. The lowest BCUT2D eigenvalue weighted by Crippen LogP contribution is -2.31. The first-order valence-corrected chi connectivity index (χ1v) is 17.6. The third-order valence-corrected chi connectivity index (χ3v) is 9.11. The SMILES string of the molecule is CCCCCCCCCCC(O)CCCC[C@H](O)[C@@H]1CC[C@@H]([C@H](O)CCCCCCC[C@H](O)CC2=C[C@H](C)OC2=O)O1. The lowest BCUT2D eigenvalue weighted by Gasteiger charge is -2.22. The fourth-order valence-electron chi connectivity index (χ4n) is 6.42. The summed E-state index contributed by atoms with van der Waals surface area (Å²) in [6, 6.07) is 0. The molecule has 0 spiro atoms. The van der Waals surface area contributed by atoms with Gasteiger partial charge in [-0.25, -0.2) is 4.79 Å². The Morgan fingerprint density at radius 1 is 0.667 bits per heavy atom. The normalized spacial score (nSPS) is 23.5. The van der Waals surface area contributed by atoms with Gasteiger partial charge >= 0.3 is 5.97 Å². The van der Waals surface area contributed by atoms with E-state index in [1.165, 1.54) is 44.9 Å². The van der Waals surface area contributed by atoms with Gasteiger partial charge in [0.2, 0.25) is 0 Å². The molecule has 1 fully saturated rings. The van der Waals surface area contributed by atoms with Gasteiger partial charge in [-0.15, -0.1) is 0 Å². The van der Waals surface area contributed by atoms with E-state index in [0.717, 1.165) is 77.0 Å². The van der Waals surface area contributed by atoms with Crippen molar-refractivity contribution in [3.05, 3.63) is 11.6 Å². The minimum Gasteiger partial charge on any atom is -0.455 e. The highest BCUT2D eigenvalue weighted by molar-refractivity contribution is 5.90. The molecule has 0 amide bonds. The molecule has 0 saturated carbocycles. The van der Waals surface area contributed by atoms with E-state index in [2.05, 4.69) is 6.92 Å². The minimum atomic E-state index is -0.505. The molecule has 0 aromatic carbocycles. The van der Waals surface area contributed by atoms with Crippen molar-refractivity contribution < 1.29 is 34.7 Å². The van der Waals surface area contributed by atoms with Crippen molar-refractivity contribution in [2.24, 2.45) is 0 Å². The summed E-state index contributed by atoms with van der Waals surface area (Å²) in [5.74, 6) is -0.303. The molecular weight excluding hydrogens is 532 g/mol. The molecule has 1 saturated heterocycles. The standard InChI is InChI=1S/C35H64O7/c1-3-4-5-6-7-8-10-13-18-29(36)19-16-17-22-32(39)34-24-23-33(42-34)31(38)21-15-12-9-11-14-20-30(37)26-28-25-27(2)41-35(28)40/h25,27,29-34,36-39H,3-24,26H2,1-2H3/t27-,29?,30-,31+,32-,33-,34-/m0/s1. The molecule has 0 radical (unpaired) electrons. The summed E-state index contributed by atoms with van der Waals surface area (Å²) in [6.07, 6.45) is 22.3. The summed E-state index contributed by atoms with van der Waals surface area (Å²) in [4.78, 5) is 11.7. The average molecular weight is 597 g/mol. The summed E-state index contributed by atoms with van der Waals surface area (Å²) in [5.41, 5.74) is 0.590. The lowest BCUT2D eigenvalue weighted by molar-refractivity contribution is -0.139. The van der Waals surface area contributed by atoms with Crippen LogP contribution in [0.3, 0.4) is 0 Å². The van der Waals surface area contributed by atoms with E-state index < -0.39 is 18.3 Å². The van der Waals surface area contributed by atoms with Gasteiger partial charge in [-0.3, -0.25) is 0 Å². The van der Waals surface area contributed by atoms with E-state index in [0.29, 0.717) is 31.3 Å². The van der Waals surface area contributed by atoms with Crippen LogP contribution >= 0.6 is 0 Å². The van der Waals surface area contributed by atoms with Gasteiger partial charge < -0.3 is 29.9 Å². The Hall–Kier alpha value is -0.990. The quantitative estimate of drug-likeness (QED) is 0.0624. The molecule has 42 heavy (non-hydrogen) atoms. The molecule has 2 heterocycles. The maximum Gasteiger partial charge on any atom is 0.334 e. The number of carbonyl (C=O) groups excluding carboxylic acids is 1. The summed E-state index contributed by atoms with van der Waals surface area (Å²) >= 11 is 0. The molecule has 2 aliphatic heterocycles. The summed E-state index contributed by atoms with van der Waals surface area (Å²) in [6.45, 7) is 4.07. The zero-order valence-electron chi connectivity index (χ0n) is 26.9. The van der Waals surface area contributed by atoms with Crippen LogP contribution in [0.1, 0.15) is 162 Å². The van der Waals surface area contributed by atoms with Gasteiger partial charge in [0, 0.05) is 12.0 Å². The number of cyclic esters (lactones) is 1. The van der Waals surface area contributed by atoms with Crippen LogP contribution in [0.2, 0.25) is 0 Å². The van der Waals surface area contributed by atoms with E-state index in [9.17, 15) is 25.2 Å². The van der Waals surface area contributed by atoms with E-state index in [-0.39, 0.29) is 30.4 Å². The minimum absolute atomic E-state index is 0.187. The Bertz CT molecular complexity index is 726. The molecule has 0 aromatic heterocycles. The first kappa shape index (κ1) is 37.2. The second-order valence-electron chi connectivity index (χ2n) is 13.1. The van der Waals surface area contributed by atoms with Crippen LogP contribution in [-0.2, 0) is 14.3 Å². The molecule has 7 atom stereocenters. The van der Waals surface area contributed by atoms with Crippen LogP contribution in [-0.4, -0.2) is 69.1 Å². The highest BCUT2D eigenvalue weighted by atomic mass is 16.5. The van der Waals surface area contributed by atoms with E-state index in [1.807, 2.05) is 6.92 Å². The highest BCUT2D eigenvalue weighted by Crippen LogP contribution is 2.28. The first-order chi connectivity index (χ1) is 20.3. The molecule has 7 heteroatoms. The van der Waals surface area contributed by atoms with Crippen molar-refractivity contribution in [2.75, 3.05) is 0 Å². The number of rotatable bonds is 26. The molecule has 4 N–H and O–H groups in total. The lowest BCUT2D eigenvalue weighted by atomic mass is 9.99. The van der Waals surface area contributed by atoms with Crippen molar-refractivity contribution in [1.82, 2.24) is 0 Å². The van der Waals surface area contributed by atoms with Gasteiger partial charge in [0.1, 0.15) is 6.10 Å². The molecule has 7 nitrogen and oxygen atoms in total. The summed E-state index contributed by atoms with van der Waals surface area (Å²) in [7, 11) is 0. The number of ether oxygens (including phenoxy) is 2. The first-order valence-electron chi connectivity index (χ1n) is 17.6. The van der Waals surface area contributed by atoms with Crippen molar-refractivity contribution >= 4 is 5.97 Å². The average Bonchev–Trinajstić information content (AvgIpc) is 3.58. The number of hydrogen-bond acceptors (Lipinski definition) is 7. The van der Waals surface area contributed by atoms with Crippen LogP contribution in [0.4, 0.5) is 0 Å². The second-order valence-corrected chi connectivity index (χ2v) is 13.1. The number of aliphatic hydroxyl groups excluding tert-OH is 4. The van der Waals surface area contributed by atoms with Gasteiger partial charge in [-0.1, -0.05) is 103 Å². The fourth-order valence-corrected chi connectivity index (χ4v) is 6.42. The molecule has 0 aliphatic carbocycles. The maximum absolute atomic E-state index is 11.7. The smallest absolute Gasteiger partial charge is 0.334 e. The predicted molar refractivity (Wildman–Crippen MR) is 168 cm³/mol. The van der Waals surface area contributed by atoms with Gasteiger partial charge in [0.15, 0.2) is 0 Å². The number of carbonyl (C=O) groups is 1. The Morgan fingerprint density at radius 2 is 1.10 bits per heavy atom. The zero-order valence-corrected chi connectivity index (χ0v) is 26.9. The van der Waals surface area contributed by atoms with E-state index >= 15 is 0 Å². The largest absolute Gasteiger partial charge is 0.455 e. The molecular formula is C35H64O7. The third kappa shape index (κ3) is 16.2. The van der Waals surface area contributed by atoms with E-state index in [1.54, 1.807) is 6.08 Å². The molecule has 246 valence electrons. The molecule has 0 bridgehead atoms. The summed E-state index contributed by atoms with van der Waals surface area (Å²) < 4.78 is 11.1. The zero-order chi connectivity index (χ0) is 30.6. The Morgan fingerprint density at radius 3 is 1.60 bits per heavy atom. The number of unbranched alkanes of at least 4 members (excludes halogenated alkanes) is 12.